The van der Waals surface area contributed by atoms with Gasteiger partial charge in [0.2, 0.25) is 17.6 Å². The summed E-state index contributed by atoms with van der Waals surface area (Å²) in [6.45, 7) is 7.85. The molecule has 0 atom stereocenters. The van der Waals surface area contributed by atoms with Gasteiger partial charge >= 0.3 is 0 Å². The molecule has 0 saturated heterocycles. The number of nitrogens with one attached hydrogen (secondary N) is 2. The molecule has 0 radical (unpaired) electrons. The second-order valence-electron chi connectivity index (χ2n) is 9.48. The molecule has 2 N–H and O–H groups in total. The van der Waals surface area contributed by atoms with Gasteiger partial charge in [-0.15, -0.1) is 0 Å². The van der Waals surface area contributed by atoms with Crippen LogP contribution in [0.5, 0.6) is 17.2 Å². The van der Waals surface area contributed by atoms with E-state index in [-0.39, 0.29) is 36.8 Å². The lowest BCUT2D eigenvalue weighted by Gasteiger charge is -2.19. The number of hydrazone groups is 1. The highest BCUT2D eigenvalue weighted by Gasteiger charge is 2.14. The van der Waals surface area contributed by atoms with Crippen LogP contribution in [0.4, 0.5) is 0 Å². The maximum Gasteiger partial charge on any atom is 0.277 e. The number of ether oxygens (including phenoxy) is 3. The molecule has 0 bridgehead atoms. The molecule has 0 aliphatic carbocycles. The molecule has 38 heavy (non-hydrogen) atoms. The fourth-order valence-electron chi connectivity index (χ4n) is 3.32. The molecule has 0 fully saturated rings. The monoisotopic (exact) mass is 523 g/mol. The molecule has 0 unspecified atom stereocenters. The Hall–Kier alpha value is -4.41. The minimum Gasteiger partial charge on any atom is -0.493 e. The Labute approximate surface area is 221 Å². The van der Waals surface area contributed by atoms with Gasteiger partial charge in [-0.1, -0.05) is 38.1 Å². The average Bonchev–Trinajstić information content (AvgIpc) is 3.38. The summed E-state index contributed by atoms with van der Waals surface area (Å²) in [6.07, 6.45) is -0.0218. The molecule has 2 amide bonds. The first-order valence-corrected chi connectivity index (χ1v) is 12.0. The van der Waals surface area contributed by atoms with E-state index in [2.05, 4.69) is 46.8 Å². The van der Waals surface area contributed by atoms with E-state index in [9.17, 15) is 9.59 Å². The molecule has 0 aliphatic heterocycles. The molecule has 0 aliphatic rings. The Kier molecular flexibility index (Phi) is 9.42. The number of aromatic nitrogens is 2. The van der Waals surface area contributed by atoms with Crippen molar-refractivity contribution in [1.29, 1.82) is 0 Å². The maximum absolute atomic E-state index is 12.3. The fraction of sp³-hybridized carbons (Fsp3) is 0.370. The van der Waals surface area contributed by atoms with Crippen molar-refractivity contribution in [3.63, 3.8) is 0 Å². The third-order valence-corrected chi connectivity index (χ3v) is 5.42. The van der Waals surface area contributed by atoms with Crippen LogP contribution in [-0.2, 0) is 21.5 Å². The van der Waals surface area contributed by atoms with Crippen LogP contribution in [0.3, 0.4) is 0 Å². The van der Waals surface area contributed by atoms with Crippen molar-refractivity contribution in [2.45, 2.75) is 46.1 Å². The Morgan fingerprint density at radius 3 is 2.37 bits per heavy atom. The second kappa shape index (κ2) is 12.7. The van der Waals surface area contributed by atoms with E-state index in [1.54, 1.807) is 32.2 Å². The van der Waals surface area contributed by atoms with Gasteiger partial charge in [0.25, 0.3) is 5.91 Å². The summed E-state index contributed by atoms with van der Waals surface area (Å²) in [5.41, 5.74) is 4.69. The lowest BCUT2D eigenvalue weighted by atomic mass is 9.87. The molecule has 3 rings (SSSR count). The molecule has 0 spiro atoms. The van der Waals surface area contributed by atoms with Crippen molar-refractivity contribution in [1.82, 2.24) is 20.9 Å². The minimum atomic E-state index is -0.432. The molecule has 11 nitrogen and oxygen atoms in total. The number of hydrogen-bond acceptors (Lipinski definition) is 9. The van der Waals surface area contributed by atoms with Gasteiger partial charge in [0.15, 0.2) is 18.1 Å². The largest absolute Gasteiger partial charge is 0.493 e. The van der Waals surface area contributed by atoms with Crippen LogP contribution in [0.1, 0.15) is 45.6 Å². The molecular weight excluding hydrogens is 490 g/mol. The summed E-state index contributed by atoms with van der Waals surface area (Å²) in [4.78, 5) is 28.6. The number of carbonyl (C=O) groups excluding carboxylic acids is 2. The van der Waals surface area contributed by atoms with E-state index >= 15 is 0 Å². The molecule has 2 aromatic carbocycles. The molecule has 202 valence electrons. The highest BCUT2D eigenvalue weighted by molar-refractivity contribution is 6.00. The van der Waals surface area contributed by atoms with Crippen LogP contribution >= 0.6 is 0 Å². The summed E-state index contributed by atoms with van der Waals surface area (Å²) < 4.78 is 21.2. The third kappa shape index (κ3) is 8.05. The van der Waals surface area contributed by atoms with Gasteiger partial charge in [0, 0.05) is 11.3 Å². The summed E-state index contributed by atoms with van der Waals surface area (Å²) in [7, 11) is 3.09. The second-order valence-corrected chi connectivity index (χ2v) is 9.48. The lowest BCUT2D eigenvalue weighted by Crippen LogP contribution is -2.28. The van der Waals surface area contributed by atoms with Gasteiger partial charge in [0.05, 0.1) is 27.2 Å². The highest BCUT2D eigenvalue weighted by Crippen LogP contribution is 2.31. The maximum atomic E-state index is 12.3. The van der Waals surface area contributed by atoms with E-state index in [1.807, 2.05) is 24.3 Å². The van der Waals surface area contributed by atoms with Gasteiger partial charge in [0.1, 0.15) is 5.75 Å². The van der Waals surface area contributed by atoms with Gasteiger partial charge in [-0.05, 0) is 48.2 Å². The van der Waals surface area contributed by atoms with Crippen LogP contribution in [0, 0.1) is 0 Å². The van der Waals surface area contributed by atoms with Gasteiger partial charge < -0.3 is 24.1 Å². The van der Waals surface area contributed by atoms with Crippen molar-refractivity contribution in [2.75, 3.05) is 20.8 Å². The van der Waals surface area contributed by atoms with E-state index < -0.39 is 5.91 Å². The molecule has 3 aromatic rings. The number of carbonyl (C=O) groups is 2. The zero-order chi connectivity index (χ0) is 27.7. The normalized spacial score (nSPS) is 11.6. The molecule has 0 saturated carbocycles. The number of hydrogen-bond donors (Lipinski definition) is 2. The number of amides is 2. The Morgan fingerprint density at radius 2 is 1.71 bits per heavy atom. The molecule has 1 aromatic heterocycles. The summed E-state index contributed by atoms with van der Waals surface area (Å²) in [6, 6.07) is 12.8. The van der Waals surface area contributed by atoms with Gasteiger partial charge in [-0.3, -0.25) is 9.59 Å². The number of benzene rings is 2. The Morgan fingerprint density at radius 1 is 1.00 bits per heavy atom. The van der Waals surface area contributed by atoms with Gasteiger partial charge in [-0.25, -0.2) is 5.43 Å². The van der Waals surface area contributed by atoms with Crippen molar-refractivity contribution >= 4 is 17.5 Å². The van der Waals surface area contributed by atoms with Crippen molar-refractivity contribution in [3.8, 4) is 28.6 Å². The Balaban J connectivity index is 1.42. The summed E-state index contributed by atoms with van der Waals surface area (Å²) >= 11 is 0. The van der Waals surface area contributed by atoms with E-state index in [1.165, 1.54) is 12.7 Å². The van der Waals surface area contributed by atoms with Crippen LogP contribution in [-0.4, -0.2) is 48.5 Å². The molecule has 11 heteroatoms. The molecule has 1 heterocycles. The SMILES string of the molecule is COc1ccc(-c2noc(CNC(=O)C/C(C)=N\NC(=O)COc3ccc(C(C)(C)C)cc3)n2)cc1OC. The zero-order valence-corrected chi connectivity index (χ0v) is 22.5. The predicted molar refractivity (Wildman–Crippen MR) is 141 cm³/mol. The van der Waals surface area contributed by atoms with Crippen LogP contribution in [0.25, 0.3) is 11.4 Å². The highest BCUT2D eigenvalue weighted by atomic mass is 16.5. The van der Waals surface area contributed by atoms with Crippen LogP contribution in [0.2, 0.25) is 0 Å². The first kappa shape index (κ1) is 28.2. The van der Waals surface area contributed by atoms with Crippen LogP contribution < -0.4 is 25.0 Å². The average molecular weight is 524 g/mol. The Bertz CT molecular complexity index is 1280. The number of methoxy groups -OCH3 is 2. The first-order chi connectivity index (χ1) is 18.1. The lowest BCUT2D eigenvalue weighted by molar-refractivity contribution is -0.123. The summed E-state index contributed by atoms with van der Waals surface area (Å²) in [5.74, 6) is 1.54. The van der Waals surface area contributed by atoms with E-state index in [0.29, 0.717) is 34.3 Å². The fourth-order valence-corrected chi connectivity index (χ4v) is 3.32. The molecular formula is C27H33N5O6. The minimum absolute atomic E-state index is 0.0218. The summed E-state index contributed by atoms with van der Waals surface area (Å²) in [5, 5.41) is 10.6. The van der Waals surface area contributed by atoms with Crippen molar-refractivity contribution in [2.24, 2.45) is 5.10 Å². The number of rotatable bonds is 11. The first-order valence-electron chi connectivity index (χ1n) is 12.0. The van der Waals surface area contributed by atoms with Crippen molar-refractivity contribution in [3.05, 3.63) is 53.9 Å². The number of nitrogens with zero attached hydrogens (tertiary/aromatic N) is 3. The third-order valence-electron chi connectivity index (χ3n) is 5.42. The standard InChI is InChI=1S/C27H33N5O6/c1-17(30-31-24(34)16-37-20-10-8-19(9-11-20)27(2,3)4)13-23(33)28-15-25-29-26(32-38-25)18-7-12-21(35-5)22(14-18)36-6/h7-12,14H,13,15-16H2,1-6H3,(H,28,33)(H,31,34)/b30-17-. The quantitative estimate of drug-likeness (QED) is 0.287. The van der Waals surface area contributed by atoms with E-state index in [4.69, 9.17) is 18.7 Å². The van der Waals surface area contributed by atoms with E-state index in [0.717, 1.165) is 0 Å². The van der Waals surface area contributed by atoms with Crippen molar-refractivity contribution < 1.29 is 28.3 Å². The van der Waals surface area contributed by atoms with Gasteiger partial charge in [-0.2, -0.15) is 10.1 Å². The topological polar surface area (TPSA) is 137 Å². The van der Waals surface area contributed by atoms with Crippen LogP contribution in [0.15, 0.2) is 52.1 Å². The zero-order valence-electron chi connectivity index (χ0n) is 22.5. The smallest absolute Gasteiger partial charge is 0.277 e. The predicted octanol–water partition coefficient (Wildman–Crippen LogP) is 3.63.